The lowest BCUT2D eigenvalue weighted by atomic mass is 9.96. The second-order valence-electron chi connectivity index (χ2n) is 3.95. The quantitative estimate of drug-likeness (QED) is 0.613. The van der Waals surface area contributed by atoms with Gasteiger partial charge in [0.05, 0.1) is 0 Å². The topological polar surface area (TPSA) is 115 Å². The highest BCUT2D eigenvalue weighted by molar-refractivity contribution is 5.77. The van der Waals surface area contributed by atoms with Gasteiger partial charge in [-0.2, -0.15) is 10.5 Å². The van der Waals surface area contributed by atoms with Gasteiger partial charge in [0.2, 0.25) is 0 Å². The van der Waals surface area contributed by atoms with Gasteiger partial charge in [-0.25, -0.2) is 4.79 Å². The third kappa shape index (κ3) is 4.04. The molecule has 6 heteroatoms. The third-order valence-corrected chi connectivity index (χ3v) is 2.68. The van der Waals surface area contributed by atoms with Crippen LogP contribution in [-0.2, 0) is 0 Å². The molecule has 1 aliphatic rings. The van der Waals surface area contributed by atoms with Crippen molar-refractivity contribution in [2.45, 2.75) is 38.1 Å². The Labute approximate surface area is 100 Å². The zero-order valence-corrected chi connectivity index (χ0v) is 9.49. The molecule has 0 aromatic heterocycles. The Morgan fingerprint density at radius 3 is 2.35 bits per heavy atom. The van der Waals surface area contributed by atoms with E-state index in [1.54, 1.807) is 12.1 Å². The fourth-order valence-electron chi connectivity index (χ4n) is 1.79. The maximum Gasteiger partial charge on any atom is 0.320 e. The van der Waals surface area contributed by atoms with Crippen molar-refractivity contribution in [3.63, 3.8) is 0 Å². The zero-order chi connectivity index (χ0) is 12.7. The minimum Gasteiger partial charge on any atom is -0.388 e. The first-order chi connectivity index (χ1) is 8.17. The van der Waals surface area contributed by atoms with Crippen LogP contribution in [0.5, 0.6) is 0 Å². The molecule has 0 heterocycles. The van der Waals surface area contributed by atoms with Crippen molar-refractivity contribution in [3.05, 3.63) is 11.4 Å². The summed E-state index contributed by atoms with van der Waals surface area (Å²) in [5.74, 6) is 0. The first-order valence-electron chi connectivity index (χ1n) is 5.55. The van der Waals surface area contributed by atoms with Gasteiger partial charge in [0.15, 0.2) is 5.70 Å². The van der Waals surface area contributed by atoms with E-state index in [0.717, 1.165) is 25.7 Å². The summed E-state index contributed by atoms with van der Waals surface area (Å²) in [4.78, 5) is 11.5. The van der Waals surface area contributed by atoms with Crippen LogP contribution in [0.3, 0.4) is 0 Å². The van der Waals surface area contributed by atoms with E-state index in [0.29, 0.717) is 0 Å². The monoisotopic (exact) mass is 233 g/mol. The molecule has 0 radical (unpaired) electrons. The molecular weight excluding hydrogens is 218 g/mol. The maximum atomic E-state index is 11.5. The Bertz CT molecular complexity index is 395. The van der Waals surface area contributed by atoms with Gasteiger partial charge < -0.3 is 11.1 Å². The van der Waals surface area contributed by atoms with Gasteiger partial charge >= 0.3 is 6.03 Å². The van der Waals surface area contributed by atoms with Crippen LogP contribution in [0.15, 0.2) is 11.4 Å². The van der Waals surface area contributed by atoms with Crippen LogP contribution in [-0.4, -0.2) is 12.1 Å². The summed E-state index contributed by atoms with van der Waals surface area (Å²) in [5.41, 5.74) is 4.77. The summed E-state index contributed by atoms with van der Waals surface area (Å²) in [5, 5.41) is 22.3. The van der Waals surface area contributed by atoms with E-state index in [9.17, 15) is 4.79 Å². The van der Waals surface area contributed by atoms with Gasteiger partial charge in [0.25, 0.3) is 0 Å². The van der Waals surface area contributed by atoms with Crippen molar-refractivity contribution < 1.29 is 4.79 Å². The summed E-state index contributed by atoms with van der Waals surface area (Å²) < 4.78 is 0. The number of nitrogens with zero attached hydrogens (tertiary/aromatic N) is 2. The summed E-state index contributed by atoms with van der Waals surface area (Å²) in [6, 6.07) is 2.96. The highest BCUT2D eigenvalue weighted by atomic mass is 16.2. The van der Waals surface area contributed by atoms with Crippen molar-refractivity contribution in [1.29, 1.82) is 10.5 Å². The van der Waals surface area contributed by atoms with E-state index < -0.39 is 6.03 Å². The summed E-state index contributed by atoms with van der Waals surface area (Å²) in [7, 11) is 0. The standard InChI is InChI=1S/C11H15N5O/c12-6-9(14)10(7-13)16-11(17)15-8-4-2-1-3-5-8/h8H,1-5,14H2,(H2,15,16,17)/b10-9+. The lowest BCUT2D eigenvalue weighted by Gasteiger charge is -2.22. The van der Waals surface area contributed by atoms with Crippen molar-refractivity contribution in [1.82, 2.24) is 10.6 Å². The first kappa shape index (κ1) is 12.9. The number of allylic oxidation sites excluding steroid dienone is 2. The second kappa shape index (κ2) is 6.39. The van der Waals surface area contributed by atoms with Gasteiger partial charge in [0, 0.05) is 6.04 Å². The number of urea groups is 1. The van der Waals surface area contributed by atoms with Gasteiger partial charge in [-0.1, -0.05) is 19.3 Å². The number of carbonyl (C=O) groups excluding carboxylic acids is 1. The molecule has 2 amide bonds. The number of nitrogens with one attached hydrogen (secondary N) is 2. The van der Waals surface area contributed by atoms with E-state index in [1.807, 2.05) is 0 Å². The fourth-order valence-corrected chi connectivity index (χ4v) is 1.79. The lowest BCUT2D eigenvalue weighted by molar-refractivity contribution is 0.235. The van der Waals surface area contributed by atoms with Crippen LogP contribution in [0.2, 0.25) is 0 Å². The lowest BCUT2D eigenvalue weighted by Crippen LogP contribution is -2.42. The van der Waals surface area contributed by atoms with Crippen LogP contribution >= 0.6 is 0 Å². The Morgan fingerprint density at radius 1 is 1.18 bits per heavy atom. The smallest absolute Gasteiger partial charge is 0.320 e. The molecule has 17 heavy (non-hydrogen) atoms. The minimum absolute atomic E-state index is 0.145. The van der Waals surface area contributed by atoms with Gasteiger partial charge in [-0.3, -0.25) is 5.32 Å². The molecule has 0 atom stereocenters. The SMILES string of the molecule is N#C/C(N)=C(/C#N)NC(=O)NC1CCCCC1. The Kier molecular flexibility index (Phi) is 4.83. The molecule has 1 fully saturated rings. The van der Waals surface area contributed by atoms with Gasteiger partial charge in [-0.05, 0) is 12.8 Å². The largest absolute Gasteiger partial charge is 0.388 e. The molecule has 0 aliphatic heterocycles. The molecule has 1 aliphatic carbocycles. The van der Waals surface area contributed by atoms with Crippen LogP contribution in [0.25, 0.3) is 0 Å². The molecule has 1 rings (SSSR count). The van der Waals surface area contributed by atoms with Crippen molar-refractivity contribution >= 4 is 6.03 Å². The second-order valence-corrected chi connectivity index (χ2v) is 3.95. The number of nitrogens with two attached hydrogens (primary N) is 1. The van der Waals surface area contributed by atoms with Crippen molar-refractivity contribution in [3.8, 4) is 12.1 Å². The molecule has 6 nitrogen and oxygen atoms in total. The minimum atomic E-state index is -0.480. The van der Waals surface area contributed by atoms with E-state index in [-0.39, 0.29) is 17.4 Å². The number of carbonyl (C=O) groups is 1. The normalized spacial score (nSPS) is 17.3. The van der Waals surface area contributed by atoms with Crippen LogP contribution in [0.4, 0.5) is 4.79 Å². The number of nitriles is 2. The van der Waals surface area contributed by atoms with Gasteiger partial charge in [0.1, 0.15) is 17.8 Å². The molecule has 0 aromatic rings. The number of rotatable bonds is 2. The number of hydrogen-bond donors (Lipinski definition) is 3. The predicted octanol–water partition coefficient (Wildman–Crippen LogP) is 0.836. The van der Waals surface area contributed by atoms with Crippen molar-refractivity contribution in [2.75, 3.05) is 0 Å². The van der Waals surface area contributed by atoms with E-state index >= 15 is 0 Å². The zero-order valence-electron chi connectivity index (χ0n) is 9.49. The third-order valence-electron chi connectivity index (χ3n) is 2.68. The summed E-state index contributed by atoms with van der Waals surface area (Å²) in [6.07, 6.45) is 5.31. The molecule has 0 bridgehead atoms. The molecule has 90 valence electrons. The van der Waals surface area contributed by atoms with E-state index in [1.165, 1.54) is 6.42 Å². The maximum absolute atomic E-state index is 11.5. The predicted molar refractivity (Wildman–Crippen MR) is 61.0 cm³/mol. The van der Waals surface area contributed by atoms with E-state index in [4.69, 9.17) is 16.3 Å². The molecule has 0 aromatic carbocycles. The average Bonchev–Trinajstić information content (AvgIpc) is 2.36. The molecule has 0 saturated heterocycles. The first-order valence-corrected chi connectivity index (χ1v) is 5.55. The Morgan fingerprint density at radius 2 is 1.82 bits per heavy atom. The highest BCUT2D eigenvalue weighted by Crippen LogP contribution is 2.17. The average molecular weight is 233 g/mol. The molecule has 1 saturated carbocycles. The van der Waals surface area contributed by atoms with Crippen LogP contribution in [0.1, 0.15) is 32.1 Å². The number of hydrogen-bond acceptors (Lipinski definition) is 4. The van der Waals surface area contributed by atoms with Crippen LogP contribution in [0, 0.1) is 22.7 Å². The molecule has 0 unspecified atom stereocenters. The molecule has 4 N–H and O–H groups in total. The molecule has 0 spiro atoms. The Balaban J connectivity index is 2.49. The highest BCUT2D eigenvalue weighted by Gasteiger charge is 2.16. The Hall–Kier alpha value is -2.21. The molecular formula is C11H15N5O. The van der Waals surface area contributed by atoms with Crippen molar-refractivity contribution in [2.24, 2.45) is 5.73 Å². The summed E-state index contributed by atoms with van der Waals surface area (Å²) in [6.45, 7) is 0. The summed E-state index contributed by atoms with van der Waals surface area (Å²) >= 11 is 0. The van der Waals surface area contributed by atoms with Crippen LogP contribution < -0.4 is 16.4 Å². The fraction of sp³-hybridized carbons (Fsp3) is 0.545. The number of amides is 2. The van der Waals surface area contributed by atoms with Gasteiger partial charge in [-0.15, -0.1) is 0 Å². The van der Waals surface area contributed by atoms with E-state index in [2.05, 4.69) is 10.6 Å².